The monoisotopic (exact) mass is 342 g/mol. The minimum atomic E-state index is -0.268. The van der Waals surface area contributed by atoms with Crippen LogP contribution in [0.3, 0.4) is 0 Å². The maximum absolute atomic E-state index is 13.8. The van der Waals surface area contributed by atoms with Crippen molar-refractivity contribution in [2.75, 3.05) is 33.4 Å². The van der Waals surface area contributed by atoms with Crippen LogP contribution in [0.25, 0.3) is 0 Å². The van der Waals surface area contributed by atoms with E-state index < -0.39 is 0 Å². The number of carbonyl (C=O) groups excluding carboxylic acids is 1. The second-order valence-electron chi connectivity index (χ2n) is 5.89. The molecule has 0 spiro atoms. The van der Waals surface area contributed by atoms with Gasteiger partial charge in [0.05, 0.1) is 0 Å². The molecule has 1 aliphatic rings. The fourth-order valence-electron chi connectivity index (χ4n) is 2.83. The van der Waals surface area contributed by atoms with Crippen molar-refractivity contribution >= 4 is 17.5 Å². The number of methoxy groups -OCH3 is 1. The van der Waals surface area contributed by atoms with E-state index in [2.05, 4.69) is 10.2 Å². The Labute approximate surface area is 141 Å². The average molecular weight is 343 g/mol. The molecular formula is C17H24ClFN2O2. The van der Waals surface area contributed by atoms with Gasteiger partial charge in [0.1, 0.15) is 5.82 Å². The fraction of sp³-hybridized carbons (Fsp3) is 0.588. The molecule has 0 saturated carbocycles. The van der Waals surface area contributed by atoms with E-state index >= 15 is 0 Å². The van der Waals surface area contributed by atoms with Crippen LogP contribution in [0.1, 0.15) is 24.8 Å². The Morgan fingerprint density at radius 1 is 1.43 bits per heavy atom. The Kier molecular flexibility index (Phi) is 7.27. The molecule has 1 aromatic rings. The molecule has 23 heavy (non-hydrogen) atoms. The van der Waals surface area contributed by atoms with Crippen LogP contribution in [0.2, 0.25) is 5.02 Å². The molecule has 0 bridgehead atoms. The number of hydrogen-bond donors (Lipinski definition) is 1. The lowest BCUT2D eigenvalue weighted by molar-refractivity contribution is -0.126. The standard InChI is InChI=1S/C17H24ClFN2O2/c1-23-11-3-8-20-17(22)13-6-9-21(10-7-13)12-14-15(18)4-2-5-16(14)19/h2,4-5,13H,3,6-12H2,1H3,(H,20,22). The van der Waals surface area contributed by atoms with Crippen molar-refractivity contribution in [3.05, 3.63) is 34.6 Å². The van der Waals surface area contributed by atoms with Crippen molar-refractivity contribution in [2.24, 2.45) is 5.92 Å². The average Bonchev–Trinajstić information content (AvgIpc) is 2.55. The fourth-order valence-corrected chi connectivity index (χ4v) is 3.06. The van der Waals surface area contributed by atoms with Gasteiger partial charge < -0.3 is 10.1 Å². The van der Waals surface area contributed by atoms with Crippen molar-refractivity contribution < 1.29 is 13.9 Å². The normalized spacial score (nSPS) is 16.5. The highest BCUT2D eigenvalue weighted by Gasteiger charge is 2.25. The molecule has 4 nitrogen and oxygen atoms in total. The summed E-state index contributed by atoms with van der Waals surface area (Å²) in [5.41, 5.74) is 0.539. The van der Waals surface area contributed by atoms with Gasteiger partial charge in [-0.2, -0.15) is 0 Å². The van der Waals surface area contributed by atoms with Gasteiger partial charge in [-0.25, -0.2) is 4.39 Å². The first-order valence-corrected chi connectivity index (χ1v) is 8.41. The number of nitrogens with one attached hydrogen (secondary N) is 1. The van der Waals surface area contributed by atoms with E-state index in [1.165, 1.54) is 6.07 Å². The zero-order chi connectivity index (χ0) is 16.7. The lowest BCUT2D eigenvalue weighted by Gasteiger charge is -2.31. The van der Waals surface area contributed by atoms with Crippen LogP contribution in [-0.4, -0.2) is 44.2 Å². The number of hydrogen-bond acceptors (Lipinski definition) is 3. The van der Waals surface area contributed by atoms with E-state index in [0.717, 1.165) is 32.4 Å². The van der Waals surface area contributed by atoms with Crippen LogP contribution in [0.15, 0.2) is 18.2 Å². The summed E-state index contributed by atoms with van der Waals surface area (Å²) in [6.45, 7) is 3.36. The third kappa shape index (κ3) is 5.44. The highest BCUT2D eigenvalue weighted by molar-refractivity contribution is 6.31. The Balaban J connectivity index is 1.76. The number of amides is 1. The lowest BCUT2D eigenvalue weighted by Crippen LogP contribution is -2.40. The number of piperidine rings is 1. The molecule has 1 aromatic carbocycles. The Bertz CT molecular complexity index is 499. The summed E-state index contributed by atoms with van der Waals surface area (Å²) in [7, 11) is 1.65. The van der Waals surface area contributed by atoms with Gasteiger partial charge in [-0.1, -0.05) is 17.7 Å². The third-order valence-corrected chi connectivity index (χ3v) is 4.58. The van der Waals surface area contributed by atoms with Crippen molar-refractivity contribution in [1.29, 1.82) is 0 Å². The molecule has 1 fully saturated rings. The van der Waals surface area contributed by atoms with Crippen molar-refractivity contribution in [3.8, 4) is 0 Å². The van der Waals surface area contributed by atoms with Crippen LogP contribution >= 0.6 is 11.6 Å². The molecule has 1 saturated heterocycles. The summed E-state index contributed by atoms with van der Waals surface area (Å²) in [6.07, 6.45) is 2.41. The summed E-state index contributed by atoms with van der Waals surface area (Å²) in [5.74, 6) is -0.106. The molecule has 0 unspecified atom stereocenters. The van der Waals surface area contributed by atoms with Crippen LogP contribution < -0.4 is 5.32 Å². The number of likely N-dealkylation sites (tertiary alicyclic amines) is 1. The zero-order valence-corrected chi connectivity index (χ0v) is 14.2. The molecular weight excluding hydrogens is 319 g/mol. The summed E-state index contributed by atoms with van der Waals surface area (Å²) in [5, 5.41) is 3.41. The van der Waals surface area contributed by atoms with Crippen molar-refractivity contribution in [3.63, 3.8) is 0 Å². The molecule has 0 aromatic heterocycles. The molecule has 0 aliphatic carbocycles. The second kappa shape index (κ2) is 9.21. The largest absolute Gasteiger partial charge is 0.385 e. The van der Waals surface area contributed by atoms with E-state index in [-0.39, 0.29) is 17.6 Å². The first kappa shape index (κ1) is 18.2. The smallest absolute Gasteiger partial charge is 0.223 e. The number of halogens is 2. The molecule has 0 atom stereocenters. The van der Waals surface area contributed by atoms with Gasteiger partial charge in [0, 0.05) is 43.3 Å². The maximum Gasteiger partial charge on any atom is 0.223 e. The first-order chi connectivity index (χ1) is 11.1. The first-order valence-electron chi connectivity index (χ1n) is 8.03. The van der Waals surface area contributed by atoms with Gasteiger partial charge in [0.25, 0.3) is 0 Å². The van der Waals surface area contributed by atoms with Crippen LogP contribution in [-0.2, 0) is 16.1 Å². The molecule has 128 valence electrons. The van der Waals surface area contributed by atoms with E-state index in [9.17, 15) is 9.18 Å². The lowest BCUT2D eigenvalue weighted by atomic mass is 9.95. The van der Waals surface area contributed by atoms with Gasteiger partial charge in [-0.15, -0.1) is 0 Å². The van der Waals surface area contributed by atoms with E-state index in [1.54, 1.807) is 19.2 Å². The minimum Gasteiger partial charge on any atom is -0.385 e. The molecule has 1 amide bonds. The summed E-state index contributed by atoms with van der Waals surface area (Å²) in [6, 6.07) is 4.75. The van der Waals surface area contributed by atoms with Gasteiger partial charge in [0.15, 0.2) is 0 Å². The third-order valence-electron chi connectivity index (χ3n) is 4.23. The molecule has 1 aliphatic heterocycles. The van der Waals surface area contributed by atoms with E-state index in [4.69, 9.17) is 16.3 Å². The molecule has 1 N–H and O–H groups in total. The number of nitrogens with zero attached hydrogens (tertiary/aromatic N) is 1. The quantitative estimate of drug-likeness (QED) is 0.775. The van der Waals surface area contributed by atoms with Crippen LogP contribution in [0.4, 0.5) is 4.39 Å². The SMILES string of the molecule is COCCCNC(=O)C1CCN(Cc2c(F)cccc2Cl)CC1. The number of carbonyl (C=O) groups is 1. The summed E-state index contributed by atoms with van der Waals surface area (Å²) < 4.78 is 18.8. The Morgan fingerprint density at radius 2 is 2.17 bits per heavy atom. The van der Waals surface area contributed by atoms with Crippen LogP contribution in [0.5, 0.6) is 0 Å². The van der Waals surface area contributed by atoms with Crippen molar-refractivity contribution in [2.45, 2.75) is 25.8 Å². The van der Waals surface area contributed by atoms with Gasteiger partial charge >= 0.3 is 0 Å². The van der Waals surface area contributed by atoms with Crippen LogP contribution in [0, 0.1) is 11.7 Å². The van der Waals surface area contributed by atoms with E-state index in [0.29, 0.717) is 30.3 Å². The molecule has 0 radical (unpaired) electrons. The topological polar surface area (TPSA) is 41.6 Å². The van der Waals surface area contributed by atoms with E-state index in [1.807, 2.05) is 0 Å². The Morgan fingerprint density at radius 3 is 2.83 bits per heavy atom. The zero-order valence-electron chi connectivity index (χ0n) is 13.5. The number of ether oxygens (including phenoxy) is 1. The minimum absolute atomic E-state index is 0.0462. The molecule has 2 rings (SSSR count). The number of rotatable bonds is 7. The summed E-state index contributed by atoms with van der Waals surface area (Å²) >= 11 is 6.07. The summed E-state index contributed by atoms with van der Waals surface area (Å²) in [4.78, 5) is 14.2. The predicted octanol–water partition coefficient (Wildman–Crippen LogP) is 2.84. The molecule has 6 heteroatoms. The highest BCUT2D eigenvalue weighted by atomic mass is 35.5. The van der Waals surface area contributed by atoms with Gasteiger partial charge in [-0.3, -0.25) is 9.69 Å². The maximum atomic E-state index is 13.8. The number of benzene rings is 1. The predicted molar refractivity (Wildman–Crippen MR) is 88.9 cm³/mol. The van der Waals surface area contributed by atoms with Gasteiger partial charge in [-0.05, 0) is 44.5 Å². The molecule has 1 heterocycles. The van der Waals surface area contributed by atoms with Crippen molar-refractivity contribution in [1.82, 2.24) is 10.2 Å². The van der Waals surface area contributed by atoms with Gasteiger partial charge in [0.2, 0.25) is 5.91 Å². The highest BCUT2D eigenvalue weighted by Crippen LogP contribution is 2.24. The Hall–Kier alpha value is -1.17. The second-order valence-corrected chi connectivity index (χ2v) is 6.30.